The molecule has 0 aliphatic carbocycles. The molecule has 0 fully saturated rings. The van der Waals surface area contributed by atoms with Crippen molar-refractivity contribution in [3.8, 4) is 0 Å². The summed E-state index contributed by atoms with van der Waals surface area (Å²) < 4.78 is 29.9. The Labute approximate surface area is 110 Å². The van der Waals surface area contributed by atoms with E-state index in [4.69, 9.17) is 11.6 Å². The monoisotopic (exact) mass is 293 g/mol. The average Bonchev–Trinajstić information content (AvgIpc) is 2.30. The summed E-state index contributed by atoms with van der Waals surface area (Å²) in [6.45, 7) is 1.86. The molecule has 0 aliphatic heterocycles. The minimum absolute atomic E-state index is 0.0447. The molecule has 0 amide bonds. The fourth-order valence-electron chi connectivity index (χ4n) is 1.03. The maximum atomic E-state index is 11.6. The van der Waals surface area contributed by atoms with Gasteiger partial charge in [-0.15, -0.1) is 0 Å². The number of carbonyl (C=O) groups is 1. The van der Waals surface area contributed by atoms with E-state index in [1.165, 1.54) is 12.4 Å². The van der Waals surface area contributed by atoms with Crippen LogP contribution in [-0.2, 0) is 19.6 Å². The van der Waals surface area contributed by atoms with Crippen molar-refractivity contribution in [1.82, 2.24) is 9.97 Å². The van der Waals surface area contributed by atoms with Gasteiger partial charge in [0.1, 0.15) is 5.15 Å². The highest BCUT2D eigenvalue weighted by Gasteiger charge is 2.14. The molecule has 0 atom stereocenters. The number of nitrogens with zero attached hydrogens (tertiary/aromatic N) is 2. The second-order valence-electron chi connectivity index (χ2n) is 3.20. The van der Waals surface area contributed by atoms with Crippen molar-refractivity contribution in [2.45, 2.75) is 13.3 Å². The third-order valence-corrected chi connectivity index (χ3v) is 3.22. The number of carbonyl (C=O) groups excluding carboxylic acids is 1. The zero-order valence-corrected chi connectivity index (χ0v) is 11.2. The van der Waals surface area contributed by atoms with Gasteiger partial charge in [0.25, 0.3) is 0 Å². The summed E-state index contributed by atoms with van der Waals surface area (Å²) in [6, 6.07) is 0. The first-order chi connectivity index (χ1) is 8.43. The summed E-state index contributed by atoms with van der Waals surface area (Å²) in [7, 11) is -3.66. The summed E-state index contributed by atoms with van der Waals surface area (Å²) in [5.74, 6) is -0.899. The number of aromatic nitrogens is 2. The van der Waals surface area contributed by atoms with Crippen LogP contribution in [0, 0.1) is 0 Å². The van der Waals surface area contributed by atoms with Gasteiger partial charge in [-0.05, 0) is 6.92 Å². The number of sulfonamides is 1. The maximum absolute atomic E-state index is 11.6. The van der Waals surface area contributed by atoms with E-state index in [2.05, 4.69) is 19.4 Å². The van der Waals surface area contributed by atoms with Crippen molar-refractivity contribution < 1.29 is 17.9 Å². The quantitative estimate of drug-likeness (QED) is 0.780. The molecule has 7 nitrogen and oxygen atoms in total. The van der Waals surface area contributed by atoms with E-state index >= 15 is 0 Å². The molecule has 18 heavy (non-hydrogen) atoms. The molecule has 0 bridgehead atoms. The Morgan fingerprint density at radius 3 is 2.72 bits per heavy atom. The molecule has 1 aromatic heterocycles. The van der Waals surface area contributed by atoms with Gasteiger partial charge in [0.15, 0.2) is 5.82 Å². The minimum Gasteiger partial charge on any atom is -0.466 e. The standard InChI is InChI=1S/C9H12ClN3O4S/c1-2-17-9(14)3-4-18(15,16)13-8-6-11-7(10)5-12-8/h5-6H,2-4H2,1H3,(H,12,13). The van der Waals surface area contributed by atoms with Crippen LogP contribution in [0.4, 0.5) is 5.82 Å². The number of nitrogens with one attached hydrogen (secondary N) is 1. The Balaban J connectivity index is 2.54. The summed E-state index contributed by atoms with van der Waals surface area (Å²) in [5.41, 5.74) is 0. The molecule has 0 saturated heterocycles. The van der Waals surface area contributed by atoms with Crippen LogP contribution in [0.1, 0.15) is 13.3 Å². The van der Waals surface area contributed by atoms with E-state index in [9.17, 15) is 13.2 Å². The predicted octanol–water partition coefficient (Wildman–Crippen LogP) is 0.825. The largest absolute Gasteiger partial charge is 0.466 e. The van der Waals surface area contributed by atoms with Crippen LogP contribution in [-0.4, -0.2) is 36.7 Å². The average molecular weight is 294 g/mol. The number of ether oxygens (including phenoxy) is 1. The molecular formula is C9H12ClN3O4S. The zero-order valence-electron chi connectivity index (χ0n) is 9.59. The van der Waals surface area contributed by atoms with Crippen molar-refractivity contribution in [1.29, 1.82) is 0 Å². The van der Waals surface area contributed by atoms with Crippen LogP contribution in [0.3, 0.4) is 0 Å². The van der Waals surface area contributed by atoms with Crippen molar-refractivity contribution >= 4 is 33.4 Å². The first kappa shape index (κ1) is 14.7. The Morgan fingerprint density at radius 2 is 2.17 bits per heavy atom. The van der Waals surface area contributed by atoms with Gasteiger partial charge in [-0.2, -0.15) is 0 Å². The van der Waals surface area contributed by atoms with Crippen LogP contribution in [0.25, 0.3) is 0 Å². The normalized spacial score (nSPS) is 11.0. The maximum Gasteiger partial charge on any atom is 0.306 e. The topological polar surface area (TPSA) is 98.2 Å². The molecule has 100 valence electrons. The highest BCUT2D eigenvalue weighted by Crippen LogP contribution is 2.07. The molecule has 0 aromatic carbocycles. The minimum atomic E-state index is -3.66. The van der Waals surface area contributed by atoms with Crippen molar-refractivity contribution in [3.63, 3.8) is 0 Å². The summed E-state index contributed by atoms with van der Waals surface area (Å²) in [4.78, 5) is 18.4. The van der Waals surface area contributed by atoms with E-state index in [-0.39, 0.29) is 29.8 Å². The van der Waals surface area contributed by atoms with Crippen LogP contribution in [0.5, 0.6) is 0 Å². The Morgan fingerprint density at radius 1 is 1.44 bits per heavy atom. The Bertz CT molecular complexity index is 503. The number of hydrogen-bond acceptors (Lipinski definition) is 6. The highest BCUT2D eigenvalue weighted by molar-refractivity contribution is 7.92. The van der Waals surface area contributed by atoms with E-state index in [1.807, 2.05) is 0 Å². The van der Waals surface area contributed by atoms with Gasteiger partial charge in [0.2, 0.25) is 10.0 Å². The molecule has 1 heterocycles. The summed E-state index contributed by atoms with van der Waals surface area (Å²) in [5, 5.41) is 0.157. The lowest BCUT2D eigenvalue weighted by atomic mass is 10.5. The lowest BCUT2D eigenvalue weighted by Crippen LogP contribution is -2.20. The molecule has 0 unspecified atom stereocenters. The van der Waals surface area contributed by atoms with Crippen LogP contribution >= 0.6 is 11.6 Å². The van der Waals surface area contributed by atoms with Gasteiger partial charge >= 0.3 is 5.97 Å². The number of rotatable bonds is 6. The molecular weight excluding hydrogens is 282 g/mol. The number of hydrogen-bond donors (Lipinski definition) is 1. The third kappa shape index (κ3) is 5.28. The van der Waals surface area contributed by atoms with Gasteiger partial charge in [0.05, 0.1) is 31.2 Å². The van der Waals surface area contributed by atoms with E-state index in [0.717, 1.165) is 0 Å². The van der Waals surface area contributed by atoms with E-state index in [1.54, 1.807) is 6.92 Å². The van der Waals surface area contributed by atoms with Crippen LogP contribution in [0.2, 0.25) is 5.15 Å². The van der Waals surface area contributed by atoms with Crippen LogP contribution < -0.4 is 4.72 Å². The van der Waals surface area contributed by atoms with Crippen LogP contribution in [0.15, 0.2) is 12.4 Å². The molecule has 0 saturated carbocycles. The number of anilines is 1. The molecule has 1 aromatic rings. The zero-order chi connectivity index (χ0) is 13.6. The molecule has 1 rings (SSSR count). The SMILES string of the molecule is CCOC(=O)CCS(=O)(=O)Nc1cnc(Cl)cn1. The molecule has 0 spiro atoms. The number of esters is 1. The molecule has 9 heteroatoms. The highest BCUT2D eigenvalue weighted by atomic mass is 35.5. The van der Waals surface area contributed by atoms with Gasteiger partial charge in [-0.25, -0.2) is 18.4 Å². The van der Waals surface area contributed by atoms with Crippen molar-refractivity contribution in [3.05, 3.63) is 17.5 Å². The van der Waals surface area contributed by atoms with Gasteiger partial charge in [0, 0.05) is 0 Å². The Hall–Kier alpha value is -1.41. The first-order valence-corrected chi connectivity index (χ1v) is 7.09. The lowest BCUT2D eigenvalue weighted by molar-refractivity contribution is -0.142. The first-order valence-electron chi connectivity index (χ1n) is 5.06. The molecule has 0 radical (unpaired) electrons. The predicted molar refractivity (Wildman–Crippen MR) is 65.7 cm³/mol. The third-order valence-electron chi connectivity index (χ3n) is 1.76. The van der Waals surface area contributed by atoms with E-state index < -0.39 is 16.0 Å². The fraction of sp³-hybridized carbons (Fsp3) is 0.444. The van der Waals surface area contributed by atoms with Gasteiger partial charge < -0.3 is 4.74 Å². The summed E-state index contributed by atoms with van der Waals surface area (Å²) in [6.07, 6.45) is 2.18. The second kappa shape index (κ2) is 6.50. The molecule has 1 N–H and O–H groups in total. The second-order valence-corrected chi connectivity index (χ2v) is 5.43. The lowest BCUT2D eigenvalue weighted by Gasteiger charge is -2.06. The number of halogens is 1. The van der Waals surface area contributed by atoms with Gasteiger partial charge in [-0.3, -0.25) is 9.52 Å². The Kier molecular flexibility index (Phi) is 5.29. The summed E-state index contributed by atoms with van der Waals surface area (Å²) >= 11 is 5.51. The fourth-order valence-corrected chi connectivity index (χ4v) is 2.09. The van der Waals surface area contributed by atoms with Gasteiger partial charge in [-0.1, -0.05) is 11.6 Å². The van der Waals surface area contributed by atoms with Crippen molar-refractivity contribution in [2.75, 3.05) is 17.1 Å². The van der Waals surface area contributed by atoms with E-state index in [0.29, 0.717) is 0 Å². The smallest absolute Gasteiger partial charge is 0.306 e. The van der Waals surface area contributed by atoms with Crippen molar-refractivity contribution in [2.24, 2.45) is 0 Å². The molecule has 0 aliphatic rings.